The minimum absolute atomic E-state index is 0.00111. The lowest BCUT2D eigenvalue weighted by Gasteiger charge is -2.28. The fourth-order valence-corrected chi connectivity index (χ4v) is 3.35. The summed E-state index contributed by atoms with van der Waals surface area (Å²) in [6, 6.07) is 0. The minimum atomic E-state index is -0.985. The van der Waals surface area contributed by atoms with Crippen LogP contribution in [0.25, 0.3) is 0 Å². The van der Waals surface area contributed by atoms with Gasteiger partial charge in [-0.3, -0.25) is 4.79 Å². The van der Waals surface area contributed by atoms with E-state index in [1.807, 2.05) is 26.0 Å². The summed E-state index contributed by atoms with van der Waals surface area (Å²) in [6.07, 6.45) is 7.30. The van der Waals surface area contributed by atoms with Gasteiger partial charge < -0.3 is 5.11 Å². The fraction of sp³-hybridized carbons (Fsp3) is 0.583. The highest BCUT2D eigenvalue weighted by Crippen LogP contribution is 2.65. The summed E-state index contributed by atoms with van der Waals surface area (Å²) in [4.78, 5) is 11.1. The highest BCUT2D eigenvalue weighted by Gasteiger charge is 2.67. The van der Waals surface area contributed by atoms with Crippen LogP contribution in [0, 0.1) is 23.2 Å². The van der Waals surface area contributed by atoms with Crippen LogP contribution in [0.5, 0.6) is 0 Å². The van der Waals surface area contributed by atoms with E-state index in [9.17, 15) is 4.79 Å². The maximum atomic E-state index is 11.1. The van der Waals surface area contributed by atoms with E-state index in [2.05, 4.69) is 0 Å². The van der Waals surface area contributed by atoms with Gasteiger partial charge in [0.2, 0.25) is 0 Å². The first-order valence-electron chi connectivity index (χ1n) is 5.25. The van der Waals surface area contributed by atoms with Gasteiger partial charge in [0.25, 0.3) is 0 Å². The van der Waals surface area contributed by atoms with Gasteiger partial charge in [0.15, 0.2) is 0 Å². The Labute approximate surface area is 105 Å². The van der Waals surface area contributed by atoms with E-state index in [1.54, 1.807) is 12.2 Å². The first-order valence-corrected chi connectivity index (χ1v) is 6.01. The lowest BCUT2D eigenvalue weighted by atomic mass is 9.90. The van der Waals surface area contributed by atoms with Gasteiger partial charge in [0, 0.05) is 5.92 Å². The number of hydrogen-bond donors (Lipinski definition) is 1. The Morgan fingerprint density at radius 2 is 1.94 bits per heavy atom. The number of carbonyl (C=O) groups is 1. The van der Waals surface area contributed by atoms with Gasteiger partial charge in [-0.05, 0) is 17.4 Å². The quantitative estimate of drug-likeness (QED) is 0.774. The SMILES string of the molecule is CC1(C)[C@@H](C(=O)O)[C@@H]1C1C=CC=CC1(Cl)Cl. The molecule has 1 fully saturated rings. The maximum Gasteiger partial charge on any atom is 0.307 e. The molecular weight excluding hydrogens is 247 g/mol. The Morgan fingerprint density at radius 1 is 1.31 bits per heavy atom. The predicted octanol–water partition coefficient (Wildman–Crippen LogP) is 3.26. The van der Waals surface area contributed by atoms with E-state index in [4.69, 9.17) is 28.3 Å². The highest BCUT2D eigenvalue weighted by atomic mass is 35.5. The van der Waals surface area contributed by atoms with Crippen LogP contribution in [0.2, 0.25) is 0 Å². The van der Waals surface area contributed by atoms with E-state index >= 15 is 0 Å². The number of alkyl halides is 2. The average Bonchev–Trinajstić information content (AvgIpc) is 2.68. The van der Waals surface area contributed by atoms with Crippen LogP contribution in [-0.4, -0.2) is 15.4 Å². The topological polar surface area (TPSA) is 37.3 Å². The molecule has 88 valence electrons. The summed E-state index contributed by atoms with van der Waals surface area (Å²) in [6.45, 7) is 3.90. The third-order valence-corrected chi connectivity index (χ3v) is 4.51. The van der Waals surface area contributed by atoms with E-state index < -0.39 is 10.3 Å². The minimum Gasteiger partial charge on any atom is -0.481 e. The van der Waals surface area contributed by atoms with E-state index in [0.717, 1.165) is 0 Å². The van der Waals surface area contributed by atoms with Crippen LogP contribution in [0.3, 0.4) is 0 Å². The third-order valence-electron chi connectivity index (χ3n) is 3.76. The number of halogens is 2. The van der Waals surface area contributed by atoms with Gasteiger partial charge in [-0.2, -0.15) is 0 Å². The molecule has 4 heteroatoms. The Bertz CT molecular complexity index is 382. The molecule has 0 aromatic rings. The van der Waals surface area contributed by atoms with E-state index in [0.29, 0.717) is 0 Å². The first kappa shape index (κ1) is 12.0. The normalized spacial score (nSPS) is 38.4. The Hall–Kier alpha value is -0.470. The Balaban J connectivity index is 2.25. The summed E-state index contributed by atoms with van der Waals surface area (Å²) in [5.41, 5.74) is -0.235. The summed E-state index contributed by atoms with van der Waals surface area (Å²) < 4.78 is -0.985. The van der Waals surface area contributed by atoms with Gasteiger partial charge >= 0.3 is 5.97 Å². The van der Waals surface area contributed by atoms with Crippen LogP contribution in [0.4, 0.5) is 0 Å². The molecule has 0 aromatic carbocycles. The number of aliphatic carboxylic acids is 1. The highest BCUT2D eigenvalue weighted by molar-refractivity contribution is 6.50. The molecule has 1 saturated carbocycles. The van der Waals surface area contributed by atoms with Crippen molar-refractivity contribution < 1.29 is 9.90 Å². The molecule has 0 spiro atoms. The molecule has 2 nitrogen and oxygen atoms in total. The summed E-state index contributed by atoms with van der Waals surface area (Å²) in [5.74, 6) is -1.24. The van der Waals surface area contributed by atoms with Gasteiger partial charge in [0.1, 0.15) is 4.33 Å². The van der Waals surface area contributed by atoms with Gasteiger partial charge in [-0.1, -0.05) is 55.3 Å². The molecule has 0 bridgehead atoms. The molecular formula is C12H14Cl2O2. The molecule has 0 aromatic heterocycles. The monoisotopic (exact) mass is 260 g/mol. The molecule has 1 N–H and O–H groups in total. The van der Waals surface area contributed by atoms with Crippen LogP contribution in [-0.2, 0) is 4.79 Å². The zero-order valence-corrected chi connectivity index (χ0v) is 10.7. The van der Waals surface area contributed by atoms with Crippen molar-refractivity contribution in [1.29, 1.82) is 0 Å². The zero-order chi connectivity index (χ0) is 12.1. The van der Waals surface area contributed by atoms with Crippen molar-refractivity contribution in [1.82, 2.24) is 0 Å². The Morgan fingerprint density at radius 3 is 2.38 bits per heavy atom. The molecule has 0 saturated heterocycles. The van der Waals surface area contributed by atoms with Gasteiger partial charge in [-0.25, -0.2) is 0 Å². The second-order valence-corrected chi connectivity index (χ2v) is 6.55. The molecule has 0 aliphatic heterocycles. The smallest absolute Gasteiger partial charge is 0.307 e. The molecule has 0 radical (unpaired) electrons. The molecule has 1 unspecified atom stereocenters. The second kappa shape index (κ2) is 3.51. The molecule has 2 aliphatic rings. The first-order chi connectivity index (χ1) is 7.28. The molecule has 0 amide bonds. The van der Waals surface area contributed by atoms with Crippen molar-refractivity contribution in [3.63, 3.8) is 0 Å². The number of allylic oxidation sites excluding steroid dienone is 4. The second-order valence-electron chi connectivity index (χ2n) is 5.11. The number of rotatable bonds is 2. The van der Waals surface area contributed by atoms with Crippen LogP contribution >= 0.6 is 23.2 Å². The molecule has 3 atom stereocenters. The Kier molecular flexibility index (Phi) is 2.63. The predicted molar refractivity (Wildman–Crippen MR) is 64.6 cm³/mol. The van der Waals surface area contributed by atoms with Gasteiger partial charge in [-0.15, -0.1) is 0 Å². The molecule has 0 heterocycles. The van der Waals surface area contributed by atoms with Crippen molar-refractivity contribution >= 4 is 29.2 Å². The zero-order valence-electron chi connectivity index (χ0n) is 9.15. The number of carboxylic acids is 1. The molecule has 2 rings (SSSR count). The van der Waals surface area contributed by atoms with E-state index in [1.165, 1.54) is 0 Å². The van der Waals surface area contributed by atoms with Crippen LogP contribution in [0.15, 0.2) is 24.3 Å². The number of hydrogen-bond acceptors (Lipinski definition) is 1. The maximum absolute atomic E-state index is 11.1. The van der Waals surface area contributed by atoms with Crippen molar-refractivity contribution in [2.45, 2.75) is 18.2 Å². The lowest BCUT2D eigenvalue weighted by Crippen LogP contribution is -2.27. The van der Waals surface area contributed by atoms with E-state index in [-0.39, 0.29) is 23.2 Å². The van der Waals surface area contributed by atoms with Gasteiger partial charge in [0.05, 0.1) is 5.92 Å². The third kappa shape index (κ3) is 1.68. The van der Waals surface area contributed by atoms with Crippen LogP contribution in [0.1, 0.15) is 13.8 Å². The summed E-state index contributed by atoms with van der Waals surface area (Å²) in [5, 5.41) is 9.13. The van der Waals surface area contributed by atoms with Crippen molar-refractivity contribution in [3.05, 3.63) is 24.3 Å². The van der Waals surface area contributed by atoms with Crippen molar-refractivity contribution in [2.24, 2.45) is 23.2 Å². The van der Waals surface area contributed by atoms with Crippen molar-refractivity contribution in [2.75, 3.05) is 0 Å². The summed E-state index contributed by atoms with van der Waals surface area (Å²) in [7, 11) is 0. The average molecular weight is 261 g/mol. The standard InChI is InChI=1S/C12H14Cl2O2/c1-11(2)8(9(11)10(15)16)7-5-3-4-6-12(7,13)14/h3-9H,1-2H3,(H,15,16)/t7?,8-,9+/m0/s1. The fourth-order valence-electron chi connectivity index (χ4n) is 2.79. The molecule has 16 heavy (non-hydrogen) atoms. The number of carboxylic acid groups (broad SMARTS) is 1. The van der Waals surface area contributed by atoms with Crippen LogP contribution < -0.4 is 0 Å². The lowest BCUT2D eigenvalue weighted by molar-refractivity contribution is -0.139. The largest absolute Gasteiger partial charge is 0.481 e. The molecule has 2 aliphatic carbocycles. The van der Waals surface area contributed by atoms with Crippen molar-refractivity contribution in [3.8, 4) is 0 Å². The summed E-state index contributed by atoms with van der Waals surface area (Å²) >= 11 is 12.4.